The number of ether oxygens (including phenoxy) is 2. The van der Waals surface area contributed by atoms with E-state index in [0.717, 1.165) is 0 Å². The van der Waals surface area contributed by atoms with E-state index < -0.39 is 6.16 Å². The van der Waals surface area contributed by atoms with Gasteiger partial charge in [0, 0.05) is 12.1 Å². The fourth-order valence-electron chi connectivity index (χ4n) is 0.516. The van der Waals surface area contributed by atoms with E-state index in [1.165, 1.54) is 19.2 Å². The molecule has 6 heteroatoms. The molecule has 0 saturated heterocycles. The first-order valence-electron chi connectivity index (χ1n) is 3.04. The molecule has 1 heterocycles. The summed E-state index contributed by atoms with van der Waals surface area (Å²) in [5, 5.41) is 5.50. The molecule has 0 fully saturated rings. The highest BCUT2D eigenvalue weighted by Crippen LogP contribution is 2.00. The van der Waals surface area contributed by atoms with Gasteiger partial charge in [0.15, 0.2) is 0 Å². The number of aromatic amines is 1. The number of nitrogens with one attached hydrogen (secondary N) is 1. The second kappa shape index (κ2) is 3.51. The molecule has 1 aromatic heterocycles. The summed E-state index contributed by atoms with van der Waals surface area (Å²) in [4.78, 5) is 21.0. The Morgan fingerprint density at radius 1 is 1.58 bits per heavy atom. The van der Waals surface area contributed by atoms with Gasteiger partial charge in [-0.05, 0) is 0 Å². The standard InChI is InChI=1S/C6H6N2O4/c1-11-6(10)12-5-3-2-4(9)7-8-5/h2-3H,1H3,(H,7,9). The Morgan fingerprint density at radius 2 is 2.33 bits per heavy atom. The zero-order chi connectivity index (χ0) is 8.97. The summed E-state index contributed by atoms with van der Waals surface area (Å²) >= 11 is 0. The molecule has 0 amide bonds. The summed E-state index contributed by atoms with van der Waals surface area (Å²) in [5.74, 6) is -0.0125. The lowest BCUT2D eigenvalue weighted by Crippen LogP contribution is -2.12. The number of carbonyl (C=O) groups excluding carboxylic acids is 1. The second-order valence-electron chi connectivity index (χ2n) is 1.82. The van der Waals surface area contributed by atoms with E-state index in [0.29, 0.717) is 0 Å². The van der Waals surface area contributed by atoms with Crippen LogP contribution in [-0.2, 0) is 4.74 Å². The topological polar surface area (TPSA) is 81.3 Å². The van der Waals surface area contributed by atoms with Gasteiger partial charge >= 0.3 is 6.16 Å². The van der Waals surface area contributed by atoms with Crippen LogP contribution in [0.1, 0.15) is 0 Å². The van der Waals surface area contributed by atoms with Crippen molar-refractivity contribution in [2.24, 2.45) is 0 Å². The van der Waals surface area contributed by atoms with Crippen LogP contribution in [0.15, 0.2) is 16.9 Å². The van der Waals surface area contributed by atoms with Crippen LogP contribution in [0, 0.1) is 0 Å². The van der Waals surface area contributed by atoms with E-state index in [2.05, 4.69) is 19.7 Å². The molecule has 0 spiro atoms. The van der Waals surface area contributed by atoms with E-state index in [1.54, 1.807) is 0 Å². The molecular weight excluding hydrogens is 164 g/mol. The maximum absolute atomic E-state index is 10.5. The van der Waals surface area contributed by atoms with E-state index in [9.17, 15) is 9.59 Å². The first kappa shape index (κ1) is 8.25. The van der Waals surface area contributed by atoms with E-state index in [4.69, 9.17) is 0 Å². The van der Waals surface area contributed by atoms with Crippen LogP contribution < -0.4 is 10.3 Å². The van der Waals surface area contributed by atoms with Gasteiger partial charge in [0.2, 0.25) is 5.88 Å². The molecule has 0 radical (unpaired) electrons. The fraction of sp³-hybridized carbons (Fsp3) is 0.167. The molecule has 0 atom stereocenters. The molecule has 0 aromatic carbocycles. The molecule has 0 aliphatic heterocycles. The van der Waals surface area contributed by atoms with Crippen molar-refractivity contribution < 1.29 is 14.3 Å². The number of nitrogens with zero attached hydrogens (tertiary/aromatic N) is 1. The molecule has 6 nitrogen and oxygen atoms in total. The SMILES string of the molecule is COC(=O)Oc1ccc(=O)[nH]n1. The summed E-state index contributed by atoms with van der Waals surface area (Å²) < 4.78 is 8.67. The molecule has 12 heavy (non-hydrogen) atoms. The molecule has 0 aliphatic rings. The normalized spacial score (nSPS) is 9.08. The highest BCUT2D eigenvalue weighted by molar-refractivity contribution is 5.62. The largest absolute Gasteiger partial charge is 0.514 e. The van der Waals surface area contributed by atoms with E-state index in [1.807, 2.05) is 0 Å². The summed E-state index contributed by atoms with van der Waals surface area (Å²) in [5.41, 5.74) is -0.368. The lowest BCUT2D eigenvalue weighted by atomic mass is 10.6. The average molecular weight is 170 g/mol. The number of methoxy groups -OCH3 is 1. The average Bonchev–Trinajstić information content (AvgIpc) is 2.09. The second-order valence-corrected chi connectivity index (χ2v) is 1.82. The minimum absolute atomic E-state index is 0.0125. The van der Waals surface area contributed by atoms with Gasteiger partial charge in [0.05, 0.1) is 7.11 Å². The van der Waals surface area contributed by atoms with Crippen molar-refractivity contribution in [2.75, 3.05) is 7.11 Å². The van der Waals surface area contributed by atoms with Crippen molar-refractivity contribution in [1.29, 1.82) is 0 Å². The Balaban J connectivity index is 2.71. The summed E-state index contributed by atoms with van der Waals surface area (Å²) in [6, 6.07) is 2.45. The van der Waals surface area contributed by atoms with Gasteiger partial charge < -0.3 is 9.47 Å². The first-order chi connectivity index (χ1) is 5.72. The monoisotopic (exact) mass is 170 g/mol. The van der Waals surface area contributed by atoms with Crippen molar-refractivity contribution in [3.05, 3.63) is 22.5 Å². The lowest BCUT2D eigenvalue weighted by molar-refractivity contribution is 0.119. The summed E-state index contributed by atoms with van der Waals surface area (Å²) in [6.07, 6.45) is -0.880. The number of rotatable bonds is 1. The number of hydrogen-bond acceptors (Lipinski definition) is 5. The van der Waals surface area contributed by atoms with Gasteiger partial charge in [-0.2, -0.15) is 0 Å². The predicted octanol–water partition coefficient (Wildman–Crippen LogP) is -0.0849. The maximum Gasteiger partial charge on any atom is 0.514 e. The van der Waals surface area contributed by atoms with Gasteiger partial charge in [-0.25, -0.2) is 9.89 Å². The zero-order valence-corrected chi connectivity index (χ0v) is 6.23. The number of carbonyl (C=O) groups is 1. The quantitative estimate of drug-likeness (QED) is 0.596. The molecule has 1 rings (SSSR count). The molecule has 64 valence electrons. The predicted molar refractivity (Wildman–Crippen MR) is 37.9 cm³/mol. The Kier molecular flexibility index (Phi) is 2.42. The van der Waals surface area contributed by atoms with Crippen LogP contribution in [0.4, 0.5) is 4.79 Å². The van der Waals surface area contributed by atoms with Gasteiger partial charge in [0.1, 0.15) is 0 Å². The van der Waals surface area contributed by atoms with Gasteiger partial charge in [0.25, 0.3) is 5.56 Å². The fourth-order valence-corrected chi connectivity index (χ4v) is 0.516. The van der Waals surface area contributed by atoms with Gasteiger partial charge in [-0.1, -0.05) is 0 Å². The molecular formula is C6H6N2O4. The molecule has 1 aromatic rings. The van der Waals surface area contributed by atoms with Crippen LogP contribution in [0.2, 0.25) is 0 Å². The zero-order valence-electron chi connectivity index (χ0n) is 6.23. The lowest BCUT2D eigenvalue weighted by Gasteiger charge is -1.98. The highest BCUT2D eigenvalue weighted by Gasteiger charge is 2.03. The molecule has 0 saturated carbocycles. The number of aromatic nitrogens is 2. The maximum atomic E-state index is 10.5. The Morgan fingerprint density at radius 3 is 2.83 bits per heavy atom. The van der Waals surface area contributed by atoms with Crippen molar-refractivity contribution in [1.82, 2.24) is 10.2 Å². The molecule has 0 bridgehead atoms. The van der Waals surface area contributed by atoms with Crippen LogP contribution in [0.3, 0.4) is 0 Å². The minimum atomic E-state index is -0.880. The smallest absolute Gasteiger partial charge is 0.437 e. The summed E-state index contributed by atoms with van der Waals surface area (Å²) in [7, 11) is 1.17. The highest BCUT2D eigenvalue weighted by atomic mass is 16.7. The number of H-pyrrole nitrogens is 1. The minimum Gasteiger partial charge on any atom is -0.437 e. The molecule has 0 aliphatic carbocycles. The number of hydrogen-bond donors (Lipinski definition) is 1. The summed E-state index contributed by atoms with van der Waals surface area (Å²) in [6.45, 7) is 0. The van der Waals surface area contributed by atoms with Crippen molar-refractivity contribution in [3.63, 3.8) is 0 Å². The van der Waals surface area contributed by atoms with Crippen LogP contribution in [-0.4, -0.2) is 23.5 Å². The Bertz CT molecular complexity index is 312. The Labute approximate surface area is 67.1 Å². The van der Waals surface area contributed by atoms with Gasteiger partial charge in [-0.15, -0.1) is 5.10 Å². The third-order valence-electron chi connectivity index (χ3n) is 1.01. The van der Waals surface area contributed by atoms with Gasteiger partial charge in [-0.3, -0.25) is 4.79 Å². The molecule has 0 unspecified atom stereocenters. The van der Waals surface area contributed by atoms with E-state index in [-0.39, 0.29) is 11.4 Å². The van der Waals surface area contributed by atoms with E-state index >= 15 is 0 Å². The third kappa shape index (κ3) is 2.08. The third-order valence-corrected chi connectivity index (χ3v) is 1.01. The first-order valence-corrected chi connectivity index (χ1v) is 3.04. The van der Waals surface area contributed by atoms with Crippen molar-refractivity contribution in [2.45, 2.75) is 0 Å². The van der Waals surface area contributed by atoms with Crippen LogP contribution in [0.5, 0.6) is 5.88 Å². The van der Waals surface area contributed by atoms with Crippen LogP contribution >= 0.6 is 0 Å². The van der Waals surface area contributed by atoms with Crippen LogP contribution in [0.25, 0.3) is 0 Å². The van der Waals surface area contributed by atoms with Crippen molar-refractivity contribution in [3.8, 4) is 5.88 Å². The molecule has 1 N–H and O–H groups in total. The van der Waals surface area contributed by atoms with Crippen molar-refractivity contribution >= 4 is 6.16 Å². The Hall–Kier alpha value is -1.85.